The third kappa shape index (κ3) is 7.09. The first-order valence-electron chi connectivity index (χ1n) is 12.3. The van der Waals surface area contributed by atoms with E-state index in [1.165, 1.54) is 16.9 Å². The standard InChI is InChI=1S/C28H33N3O3S/c1-33-22-11-9-12-23(21-22)34-19-8-7-18-31-25-14-5-4-13-24(25)30-27(31)16-3-2-6-17-29-28(32)26-15-10-20-35-26/h4-5,9-15,20-21H,2-3,6-8,16-19H2,1H3,(H,29,32). The molecule has 1 N–H and O–H groups in total. The van der Waals surface area contributed by atoms with E-state index in [2.05, 4.69) is 28.1 Å². The summed E-state index contributed by atoms with van der Waals surface area (Å²) in [5, 5.41) is 4.93. The fraction of sp³-hybridized carbons (Fsp3) is 0.357. The highest BCUT2D eigenvalue weighted by Gasteiger charge is 2.10. The molecule has 4 rings (SSSR count). The summed E-state index contributed by atoms with van der Waals surface area (Å²) in [6, 6.07) is 19.8. The van der Waals surface area contributed by atoms with E-state index >= 15 is 0 Å². The Hall–Kier alpha value is -3.32. The van der Waals surface area contributed by atoms with Crippen LogP contribution in [0.5, 0.6) is 11.5 Å². The van der Waals surface area contributed by atoms with Crippen molar-refractivity contribution in [1.29, 1.82) is 0 Å². The van der Waals surface area contributed by atoms with Gasteiger partial charge in [-0.2, -0.15) is 0 Å². The first-order chi connectivity index (χ1) is 17.2. The second-order valence-corrected chi connectivity index (χ2v) is 9.39. The summed E-state index contributed by atoms with van der Waals surface area (Å²) in [6.07, 6.45) is 6.01. The first kappa shape index (κ1) is 24.8. The maximum Gasteiger partial charge on any atom is 0.261 e. The van der Waals surface area contributed by atoms with Crippen LogP contribution in [0.4, 0.5) is 0 Å². The van der Waals surface area contributed by atoms with Crippen LogP contribution in [0.15, 0.2) is 66.0 Å². The summed E-state index contributed by atoms with van der Waals surface area (Å²) in [5.74, 6) is 2.81. The Labute approximate surface area is 210 Å². The zero-order valence-corrected chi connectivity index (χ0v) is 21.1. The molecular formula is C28H33N3O3S. The van der Waals surface area contributed by atoms with Crippen LogP contribution < -0.4 is 14.8 Å². The average molecular weight is 492 g/mol. The molecule has 0 aliphatic heterocycles. The van der Waals surface area contributed by atoms with Gasteiger partial charge in [0.25, 0.3) is 5.91 Å². The second-order valence-electron chi connectivity index (χ2n) is 8.45. The monoisotopic (exact) mass is 491 g/mol. The van der Waals surface area contributed by atoms with Crippen LogP contribution in [0.2, 0.25) is 0 Å². The smallest absolute Gasteiger partial charge is 0.261 e. The van der Waals surface area contributed by atoms with Gasteiger partial charge in [0.2, 0.25) is 0 Å². The van der Waals surface area contributed by atoms with Crippen molar-refractivity contribution in [2.45, 2.75) is 45.1 Å². The van der Waals surface area contributed by atoms with Crippen molar-refractivity contribution in [2.24, 2.45) is 0 Å². The number of carbonyl (C=O) groups is 1. The summed E-state index contributed by atoms with van der Waals surface area (Å²) in [4.78, 5) is 17.7. The average Bonchev–Trinajstić information content (AvgIpc) is 3.55. The minimum atomic E-state index is 0.0252. The number of thiophene rings is 1. The minimum absolute atomic E-state index is 0.0252. The molecular weight excluding hydrogens is 458 g/mol. The number of para-hydroxylation sites is 2. The molecule has 0 radical (unpaired) electrons. The molecule has 0 aliphatic carbocycles. The van der Waals surface area contributed by atoms with Gasteiger partial charge in [0.05, 0.1) is 29.6 Å². The Balaban J connectivity index is 1.22. The maximum atomic E-state index is 12.0. The van der Waals surface area contributed by atoms with Crippen molar-refractivity contribution >= 4 is 28.3 Å². The molecule has 7 heteroatoms. The predicted molar refractivity (Wildman–Crippen MR) is 142 cm³/mol. The number of amides is 1. The van der Waals surface area contributed by atoms with Gasteiger partial charge in [-0.05, 0) is 61.4 Å². The lowest BCUT2D eigenvalue weighted by molar-refractivity contribution is 0.0957. The number of ether oxygens (including phenoxy) is 2. The van der Waals surface area contributed by atoms with Crippen molar-refractivity contribution in [2.75, 3.05) is 20.3 Å². The molecule has 0 fully saturated rings. The molecule has 4 aromatic rings. The maximum absolute atomic E-state index is 12.0. The Bertz CT molecular complexity index is 1200. The number of fused-ring (bicyclic) bond motifs is 1. The third-order valence-electron chi connectivity index (χ3n) is 5.93. The zero-order valence-electron chi connectivity index (χ0n) is 20.2. The fourth-order valence-electron chi connectivity index (χ4n) is 4.10. The number of aromatic nitrogens is 2. The van der Waals surface area contributed by atoms with E-state index in [0.717, 1.165) is 72.8 Å². The molecule has 0 saturated heterocycles. The lowest BCUT2D eigenvalue weighted by atomic mass is 10.2. The molecule has 184 valence electrons. The van der Waals surface area contributed by atoms with E-state index < -0.39 is 0 Å². The Morgan fingerprint density at radius 3 is 2.71 bits per heavy atom. The van der Waals surface area contributed by atoms with Gasteiger partial charge in [-0.25, -0.2) is 4.98 Å². The zero-order chi connectivity index (χ0) is 24.3. The van der Waals surface area contributed by atoms with Crippen molar-refractivity contribution < 1.29 is 14.3 Å². The van der Waals surface area contributed by atoms with E-state index in [-0.39, 0.29) is 5.91 Å². The van der Waals surface area contributed by atoms with Crippen molar-refractivity contribution in [3.8, 4) is 11.5 Å². The Kier molecular flexibility index (Phi) is 9.17. The number of hydrogen-bond acceptors (Lipinski definition) is 5. The molecule has 0 spiro atoms. The van der Waals surface area contributed by atoms with Gasteiger partial charge in [0.15, 0.2) is 0 Å². The predicted octanol–water partition coefficient (Wildman–Crippen LogP) is 6.11. The lowest BCUT2D eigenvalue weighted by Crippen LogP contribution is -2.23. The highest BCUT2D eigenvalue weighted by Crippen LogP contribution is 2.21. The van der Waals surface area contributed by atoms with Crippen LogP contribution in [-0.2, 0) is 13.0 Å². The number of hydrogen-bond donors (Lipinski definition) is 1. The molecule has 2 heterocycles. The highest BCUT2D eigenvalue weighted by atomic mass is 32.1. The number of unbranched alkanes of at least 4 members (excludes halogenated alkanes) is 3. The van der Waals surface area contributed by atoms with Crippen molar-refractivity contribution in [1.82, 2.24) is 14.9 Å². The van der Waals surface area contributed by atoms with Gasteiger partial charge in [0, 0.05) is 25.6 Å². The van der Waals surface area contributed by atoms with Crippen LogP contribution in [0.1, 0.15) is 47.6 Å². The Morgan fingerprint density at radius 2 is 1.86 bits per heavy atom. The summed E-state index contributed by atoms with van der Waals surface area (Å²) >= 11 is 1.47. The molecule has 0 saturated carbocycles. The number of nitrogens with zero attached hydrogens (tertiary/aromatic N) is 2. The van der Waals surface area contributed by atoms with Crippen LogP contribution >= 0.6 is 11.3 Å². The van der Waals surface area contributed by atoms with Crippen LogP contribution in [0, 0.1) is 0 Å². The topological polar surface area (TPSA) is 65.4 Å². The number of benzene rings is 2. The third-order valence-corrected chi connectivity index (χ3v) is 6.80. The Morgan fingerprint density at radius 1 is 0.971 bits per heavy atom. The molecule has 0 unspecified atom stereocenters. The van der Waals surface area contributed by atoms with E-state index in [4.69, 9.17) is 14.5 Å². The van der Waals surface area contributed by atoms with Crippen LogP contribution in [-0.4, -0.2) is 35.7 Å². The number of carbonyl (C=O) groups excluding carboxylic acids is 1. The summed E-state index contributed by atoms with van der Waals surface area (Å²) in [6.45, 7) is 2.31. The minimum Gasteiger partial charge on any atom is -0.497 e. The van der Waals surface area contributed by atoms with E-state index in [0.29, 0.717) is 13.2 Å². The molecule has 35 heavy (non-hydrogen) atoms. The summed E-state index contributed by atoms with van der Waals surface area (Å²) in [5.41, 5.74) is 2.25. The largest absolute Gasteiger partial charge is 0.497 e. The normalized spacial score (nSPS) is 11.0. The molecule has 0 atom stereocenters. The second kappa shape index (κ2) is 13.0. The highest BCUT2D eigenvalue weighted by molar-refractivity contribution is 7.12. The van der Waals surface area contributed by atoms with E-state index in [1.54, 1.807) is 7.11 Å². The molecule has 0 aliphatic rings. The molecule has 1 amide bonds. The molecule has 0 bridgehead atoms. The summed E-state index contributed by atoms with van der Waals surface area (Å²) in [7, 11) is 1.66. The fourth-order valence-corrected chi connectivity index (χ4v) is 4.74. The van der Waals surface area contributed by atoms with Crippen molar-refractivity contribution in [3.63, 3.8) is 0 Å². The number of rotatable bonds is 14. The number of imidazole rings is 1. The van der Waals surface area contributed by atoms with Gasteiger partial charge < -0.3 is 19.4 Å². The number of methoxy groups -OCH3 is 1. The van der Waals surface area contributed by atoms with Crippen LogP contribution in [0.25, 0.3) is 11.0 Å². The quantitative estimate of drug-likeness (QED) is 0.216. The first-order valence-corrected chi connectivity index (χ1v) is 13.2. The van der Waals surface area contributed by atoms with Gasteiger partial charge >= 0.3 is 0 Å². The lowest BCUT2D eigenvalue weighted by Gasteiger charge is -2.11. The number of aryl methyl sites for hydroxylation is 2. The molecule has 6 nitrogen and oxygen atoms in total. The SMILES string of the molecule is COc1cccc(OCCCCn2c(CCCCCNC(=O)c3cccs3)nc3ccccc32)c1. The molecule has 2 aromatic carbocycles. The molecule has 2 aromatic heterocycles. The van der Waals surface area contributed by atoms with E-state index in [1.807, 2.05) is 47.8 Å². The van der Waals surface area contributed by atoms with Gasteiger partial charge in [-0.15, -0.1) is 11.3 Å². The van der Waals surface area contributed by atoms with Gasteiger partial charge in [-0.3, -0.25) is 4.79 Å². The van der Waals surface area contributed by atoms with Gasteiger partial charge in [-0.1, -0.05) is 30.7 Å². The van der Waals surface area contributed by atoms with Gasteiger partial charge in [0.1, 0.15) is 17.3 Å². The van der Waals surface area contributed by atoms with Crippen molar-refractivity contribution in [3.05, 3.63) is 76.7 Å². The van der Waals surface area contributed by atoms with E-state index in [9.17, 15) is 4.79 Å². The summed E-state index contributed by atoms with van der Waals surface area (Å²) < 4.78 is 13.5. The number of nitrogens with one attached hydrogen (secondary N) is 1. The van der Waals surface area contributed by atoms with Crippen LogP contribution in [0.3, 0.4) is 0 Å².